The first-order chi connectivity index (χ1) is 8.88. The molecule has 1 rings (SSSR count). The van der Waals surface area contributed by atoms with Crippen molar-refractivity contribution in [2.75, 3.05) is 19.8 Å². The van der Waals surface area contributed by atoms with Crippen LogP contribution in [0.5, 0.6) is 5.75 Å². The Hall–Kier alpha value is -1.55. The summed E-state index contributed by atoms with van der Waals surface area (Å²) in [6.07, 6.45) is 5.17. The highest BCUT2D eigenvalue weighted by Gasteiger charge is 1.99. The van der Waals surface area contributed by atoms with E-state index in [4.69, 9.17) is 9.84 Å². The molecule has 0 aliphatic rings. The fourth-order valence-corrected chi connectivity index (χ4v) is 1.48. The van der Waals surface area contributed by atoms with E-state index in [1.807, 2.05) is 24.3 Å². The van der Waals surface area contributed by atoms with Crippen LogP contribution < -0.4 is 10.2 Å². The summed E-state index contributed by atoms with van der Waals surface area (Å²) in [6, 6.07) is 7.80. The van der Waals surface area contributed by atoms with Crippen molar-refractivity contribution in [2.24, 2.45) is 5.10 Å². The summed E-state index contributed by atoms with van der Waals surface area (Å²) in [5.41, 5.74) is 3.69. The molecule has 100 valence electrons. The van der Waals surface area contributed by atoms with Gasteiger partial charge in [-0.2, -0.15) is 5.10 Å². The van der Waals surface area contributed by atoms with Crippen LogP contribution in [-0.2, 0) is 0 Å². The summed E-state index contributed by atoms with van der Waals surface area (Å²) >= 11 is 0. The molecule has 0 unspecified atom stereocenters. The first-order valence-electron chi connectivity index (χ1n) is 6.47. The summed E-state index contributed by atoms with van der Waals surface area (Å²) in [5, 5.41) is 12.6. The van der Waals surface area contributed by atoms with Crippen LogP contribution in [0.3, 0.4) is 0 Å². The van der Waals surface area contributed by atoms with Crippen molar-refractivity contribution < 1.29 is 9.84 Å². The van der Waals surface area contributed by atoms with Crippen LogP contribution in [0.1, 0.15) is 31.7 Å². The fraction of sp³-hybridized carbons (Fsp3) is 0.500. The Bertz CT molecular complexity index is 353. The largest absolute Gasteiger partial charge is 0.493 e. The van der Waals surface area contributed by atoms with E-state index < -0.39 is 0 Å². The van der Waals surface area contributed by atoms with Crippen LogP contribution in [0, 0.1) is 0 Å². The molecule has 0 fully saturated rings. The number of rotatable bonds is 9. The molecule has 0 aromatic heterocycles. The van der Waals surface area contributed by atoms with Crippen molar-refractivity contribution in [3.8, 4) is 5.75 Å². The second-order valence-corrected chi connectivity index (χ2v) is 3.98. The molecule has 0 saturated heterocycles. The third kappa shape index (κ3) is 5.68. The van der Waals surface area contributed by atoms with E-state index in [0.717, 1.165) is 24.3 Å². The first-order valence-corrected chi connectivity index (χ1v) is 6.47. The van der Waals surface area contributed by atoms with Crippen LogP contribution in [-0.4, -0.2) is 31.1 Å². The first kappa shape index (κ1) is 14.5. The molecule has 0 spiro atoms. The summed E-state index contributed by atoms with van der Waals surface area (Å²) in [5.74, 6) is 0.850. The van der Waals surface area contributed by atoms with Crippen molar-refractivity contribution in [3.05, 3.63) is 29.8 Å². The highest BCUT2D eigenvalue weighted by molar-refractivity contribution is 5.83. The molecular formula is C14H22N2O2. The van der Waals surface area contributed by atoms with Crippen LogP contribution in [0.4, 0.5) is 0 Å². The van der Waals surface area contributed by atoms with Crippen molar-refractivity contribution in [1.82, 2.24) is 5.43 Å². The zero-order valence-corrected chi connectivity index (χ0v) is 10.9. The molecule has 4 heteroatoms. The number of aliphatic hydroxyl groups is 1. The molecule has 0 radical (unpaired) electrons. The third-order valence-electron chi connectivity index (χ3n) is 2.44. The molecule has 1 aromatic carbocycles. The monoisotopic (exact) mass is 250 g/mol. The number of benzene rings is 1. The summed E-state index contributed by atoms with van der Waals surface area (Å²) < 4.78 is 5.73. The van der Waals surface area contributed by atoms with Crippen LogP contribution >= 0.6 is 0 Å². The van der Waals surface area contributed by atoms with E-state index >= 15 is 0 Å². The SMILES string of the molecule is CCCCCOc1ccccc1C=NNCCO. The van der Waals surface area contributed by atoms with Gasteiger partial charge in [0.2, 0.25) is 0 Å². The molecule has 0 heterocycles. The molecule has 0 amide bonds. The number of para-hydroxylation sites is 1. The predicted molar refractivity (Wildman–Crippen MR) is 74.1 cm³/mol. The number of nitrogens with zero attached hydrogens (tertiary/aromatic N) is 1. The number of hydrazone groups is 1. The molecule has 0 bridgehead atoms. The van der Waals surface area contributed by atoms with Gasteiger partial charge in [0.15, 0.2) is 0 Å². The normalized spacial score (nSPS) is 10.8. The van der Waals surface area contributed by atoms with Crippen LogP contribution in [0.2, 0.25) is 0 Å². The Morgan fingerprint density at radius 1 is 1.33 bits per heavy atom. The predicted octanol–water partition coefficient (Wildman–Crippen LogP) is 2.17. The van der Waals surface area contributed by atoms with Gasteiger partial charge in [-0.15, -0.1) is 0 Å². The van der Waals surface area contributed by atoms with Crippen molar-refractivity contribution in [3.63, 3.8) is 0 Å². The van der Waals surface area contributed by atoms with Gasteiger partial charge in [-0.1, -0.05) is 31.9 Å². The fourth-order valence-electron chi connectivity index (χ4n) is 1.48. The smallest absolute Gasteiger partial charge is 0.128 e. The van der Waals surface area contributed by atoms with Crippen molar-refractivity contribution in [2.45, 2.75) is 26.2 Å². The maximum absolute atomic E-state index is 8.62. The third-order valence-corrected chi connectivity index (χ3v) is 2.44. The maximum atomic E-state index is 8.62. The molecule has 0 saturated carbocycles. The van der Waals surface area contributed by atoms with E-state index in [2.05, 4.69) is 17.5 Å². The van der Waals surface area contributed by atoms with E-state index in [1.165, 1.54) is 12.8 Å². The number of nitrogens with one attached hydrogen (secondary N) is 1. The minimum Gasteiger partial charge on any atom is -0.493 e. The number of aliphatic hydroxyl groups excluding tert-OH is 1. The minimum absolute atomic E-state index is 0.0759. The van der Waals surface area contributed by atoms with E-state index in [1.54, 1.807) is 6.21 Å². The molecular weight excluding hydrogens is 228 g/mol. The molecule has 1 aromatic rings. The summed E-state index contributed by atoms with van der Waals surface area (Å²) in [4.78, 5) is 0. The zero-order chi connectivity index (χ0) is 13.1. The Kier molecular flexibility index (Phi) is 7.64. The Morgan fingerprint density at radius 3 is 2.94 bits per heavy atom. The lowest BCUT2D eigenvalue weighted by Crippen LogP contribution is -2.11. The van der Waals surface area contributed by atoms with E-state index in [-0.39, 0.29) is 6.61 Å². The highest BCUT2D eigenvalue weighted by Crippen LogP contribution is 2.16. The van der Waals surface area contributed by atoms with Gasteiger partial charge in [-0.3, -0.25) is 0 Å². The van der Waals surface area contributed by atoms with E-state index in [0.29, 0.717) is 6.54 Å². The van der Waals surface area contributed by atoms with Gasteiger partial charge in [0, 0.05) is 5.56 Å². The van der Waals surface area contributed by atoms with Gasteiger partial charge >= 0.3 is 0 Å². The number of unbranched alkanes of at least 4 members (excludes halogenated alkanes) is 2. The van der Waals surface area contributed by atoms with Crippen LogP contribution in [0.25, 0.3) is 0 Å². The second-order valence-electron chi connectivity index (χ2n) is 3.98. The van der Waals surface area contributed by atoms with Gasteiger partial charge in [-0.25, -0.2) is 0 Å². The quantitative estimate of drug-likeness (QED) is 0.401. The minimum atomic E-state index is 0.0759. The maximum Gasteiger partial charge on any atom is 0.128 e. The average molecular weight is 250 g/mol. The van der Waals surface area contributed by atoms with Crippen LogP contribution in [0.15, 0.2) is 29.4 Å². The number of hydrogen-bond acceptors (Lipinski definition) is 4. The van der Waals surface area contributed by atoms with E-state index in [9.17, 15) is 0 Å². The van der Waals surface area contributed by atoms with Gasteiger partial charge < -0.3 is 15.3 Å². The van der Waals surface area contributed by atoms with Gasteiger partial charge in [0.1, 0.15) is 5.75 Å². The molecule has 4 nitrogen and oxygen atoms in total. The van der Waals surface area contributed by atoms with Crippen molar-refractivity contribution in [1.29, 1.82) is 0 Å². The van der Waals surface area contributed by atoms with Crippen molar-refractivity contribution >= 4 is 6.21 Å². The van der Waals surface area contributed by atoms with Gasteiger partial charge in [0.25, 0.3) is 0 Å². The topological polar surface area (TPSA) is 53.8 Å². The van der Waals surface area contributed by atoms with Gasteiger partial charge in [0.05, 0.1) is 26.0 Å². The molecule has 0 aliphatic carbocycles. The molecule has 0 aliphatic heterocycles. The highest BCUT2D eigenvalue weighted by atomic mass is 16.5. The molecule has 18 heavy (non-hydrogen) atoms. The lowest BCUT2D eigenvalue weighted by atomic mass is 10.2. The lowest BCUT2D eigenvalue weighted by molar-refractivity contribution is 0.293. The number of ether oxygens (including phenoxy) is 1. The second kappa shape index (κ2) is 9.48. The summed E-state index contributed by atoms with van der Waals surface area (Å²) in [6.45, 7) is 3.44. The lowest BCUT2D eigenvalue weighted by Gasteiger charge is -2.08. The Morgan fingerprint density at radius 2 is 2.17 bits per heavy atom. The average Bonchev–Trinajstić information content (AvgIpc) is 2.41. The standard InChI is InChI=1S/C14H22N2O2/c1-2-3-6-11-18-14-8-5-4-7-13(14)12-16-15-9-10-17/h4-5,7-8,12,15,17H,2-3,6,9-11H2,1H3. The Balaban J connectivity index is 2.48. The molecule has 0 atom stereocenters. The zero-order valence-electron chi connectivity index (χ0n) is 10.9. The Labute approximate surface area is 109 Å². The van der Waals surface area contributed by atoms with Gasteiger partial charge in [-0.05, 0) is 18.6 Å². The molecule has 2 N–H and O–H groups in total. The summed E-state index contributed by atoms with van der Waals surface area (Å²) in [7, 11) is 0. The number of hydrogen-bond donors (Lipinski definition) is 2.